The molecule has 2 rings (SSSR count). The molecule has 0 fully saturated rings. The largest absolute Gasteiger partial charge is 0.192 e. The fraction of sp³-hybridized carbons (Fsp3) is 0. The Kier molecular flexibility index (Phi) is 2.71. The molecule has 0 saturated carbocycles. The molecule has 0 aliphatic carbocycles. The van der Waals surface area contributed by atoms with E-state index in [4.69, 9.17) is 16.9 Å². The average Bonchev–Trinajstić information content (AvgIpc) is 2.29. The van der Waals surface area contributed by atoms with Gasteiger partial charge in [-0.25, -0.2) is 0 Å². The van der Waals surface area contributed by atoms with Gasteiger partial charge in [-0.05, 0) is 29.3 Å². The lowest BCUT2D eigenvalue weighted by Crippen LogP contribution is -1.83. The normalized spacial score (nSPS) is 9.60. The molecule has 2 aromatic carbocycles. The van der Waals surface area contributed by atoms with Crippen LogP contribution in [0.2, 0.25) is 5.02 Å². The van der Waals surface area contributed by atoms with Crippen LogP contribution in [-0.4, -0.2) is 0 Å². The van der Waals surface area contributed by atoms with Gasteiger partial charge in [0.15, 0.2) is 0 Å². The summed E-state index contributed by atoms with van der Waals surface area (Å²) in [5.74, 6) is 0. The maximum atomic E-state index is 8.97. The Labute approximate surface area is 93.5 Å². The predicted octanol–water partition coefficient (Wildman–Crippen LogP) is 3.88. The molecule has 15 heavy (non-hydrogen) atoms. The van der Waals surface area contributed by atoms with Crippen LogP contribution >= 0.6 is 11.6 Å². The number of rotatable bonds is 1. The molecule has 72 valence electrons. The summed E-state index contributed by atoms with van der Waals surface area (Å²) in [6.45, 7) is 0. The van der Waals surface area contributed by atoms with Crippen LogP contribution in [-0.2, 0) is 0 Å². The third kappa shape index (κ3) is 2.01. The molecule has 0 bridgehead atoms. The minimum absolute atomic E-state index is 0.666. The highest BCUT2D eigenvalue weighted by Gasteiger charge is 2.03. The molecule has 0 amide bonds. The van der Waals surface area contributed by atoms with E-state index >= 15 is 0 Å². The molecular weight excluding hydrogens is 206 g/mol. The number of nitrogens with zero attached hydrogens (tertiary/aromatic N) is 1. The van der Waals surface area contributed by atoms with Crippen LogP contribution in [0.3, 0.4) is 0 Å². The fourth-order valence-electron chi connectivity index (χ4n) is 1.49. The Morgan fingerprint density at radius 1 is 1.00 bits per heavy atom. The van der Waals surface area contributed by atoms with Crippen LogP contribution < -0.4 is 0 Å². The summed E-state index contributed by atoms with van der Waals surface area (Å²) in [7, 11) is 0. The van der Waals surface area contributed by atoms with Crippen molar-refractivity contribution in [1.29, 1.82) is 5.26 Å². The Morgan fingerprint density at radius 3 is 2.53 bits per heavy atom. The first-order valence-electron chi connectivity index (χ1n) is 4.56. The number of hydrogen-bond acceptors (Lipinski definition) is 1. The summed E-state index contributed by atoms with van der Waals surface area (Å²) in [5.41, 5.74) is 2.56. The van der Waals surface area contributed by atoms with Crippen molar-refractivity contribution >= 4 is 11.6 Å². The highest BCUT2D eigenvalue weighted by Crippen LogP contribution is 2.25. The number of hydrogen-bond donors (Lipinski definition) is 0. The van der Waals surface area contributed by atoms with Crippen molar-refractivity contribution in [3.63, 3.8) is 0 Å². The molecule has 0 aromatic heterocycles. The van der Waals surface area contributed by atoms with Gasteiger partial charge in [-0.1, -0.05) is 41.9 Å². The van der Waals surface area contributed by atoms with E-state index in [1.54, 1.807) is 6.07 Å². The molecule has 2 aromatic rings. The van der Waals surface area contributed by atoms with Crippen molar-refractivity contribution in [2.45, 2.75) is 0 Å². The van der Waals surface area contributed by atoms with E-state index in [0.717, 1.165) is 11.1 Å². The Morgan fingerprint density at radius 2 is 1.80 bits per heavy atom. The topological polar surface area (TPSA) is 23.8 Å². The van der Waals surface area contributed by atoms with Crippen LogP contribution in [0.4, 0.5) is 0 Å². The van der Waals surface area contributed by atoms with E-state index in [2.05, 4.69) is 6.07 Å². The maximum Gasteiger partial charge on any atom is 0.0998 e. The molecule has 2 heteroatoms. The van der Waals surface area contributed by atoms with Gasteiger partial charge in [-0.15, -0.1) is 0 Å². The minimum Gasteiger partial charge on any atom is -0.192 e. The number of nitriles is 1. The van der Waals surface area contributed by atoms with Crippen molar-refractivity contribution < 1.29 is 0 Å². The van der Waals surface area contributed by atoms with Gasteiger partial charge in [0, 0.05) is 5.02 Å². The molecule has 0 atom stereocenters. The lowest BCUT2D eigenvalue weighted by molar-refractivity contribution is 1.48. The fourth-order valence-corrected chi connectivity index (χ4v) is 1.68. The van der Waals surface area contributed by atoms with Crippen molar-refractivity contribution in [3.8, 4) is 17.2 Å². The summed E-state index contributed by atoms with van der Waals surface area (Å²) in [4.78, 5) is 0. The third-order valence-electron chi connectivity index (χ3n) is 2.18. The highest BCUT2D eigenvalue weighted by molar-refractivity contribution is 6.30. The zero-order chi connectivity index (χ0) is 10.7. The summed E-state index contributed by atoms with van der Waals surface area (Å²) >= 11 is 5.91. The van der Waals surface area contributed by atoms with Gasteiger partial charge in [0.2, 0.25) is 0 Å². The van der Waals surface area contributed by atoms with E-state index in [1.807, 2.05) is 42.5 Å². The first-order valence-corrected chi connectivity index (χ1v) is 4.94. The second-order valence-electron chi connectivity index (χ2n) is 3.17. The summed E-state index contributed by atoms with van der Waals surface area (Å²) in [6, 6.07) is 17.2. The zero-order valence-electron chi connectivity index (χ0n) is 7.94. The van der Waals surface area contributed by atoms with Crippen molar-refractivity contribution in [2.75, 3.05) is 0 Å². The smallest absolute Gasteiger partial charge is 0.0998 e. The van der Waals surface area contributed by atoms with E-state index in [1.165, 1.54) is 0 Å². The van der Waals surface area contributed by atoms with Gasteiger partial charge in [0.1, 0.15) is 0 Å². The molecule has 0 unspecified atom stereocenters. The average molecular weight is 214 g/mol. The van der Waals surface area contributed by atoms with E-state index < -0.39 is 0 Å². The molecule has 0 radical (unpaired) electrons. The maximum absolute atomic E-state index is 8.97. The lowest BCUT2D eigenvalue weighted by Gasteiger charge is -2.03. The number of halogens is 1. The Balaban J connectivity index is 2.60. The van der Waals surface area contributed by atoms with Crippen molar-refractivity contribution in [3.05, 3.63) is 59.1 Å². The first-order chi connectivity index (χ1) is 7.31. The molecule has 1 nitrogen and oxygen atoms in total. The van der Waals surface area contributed by atoms with Gasteiger partial charge in [-0.3, -0.25) is 0 Å². The third-order valence-corrected chi connectivity index (χ3v) is 2.42. The molecule has 0 saturated heterocycles. The second kappa shape index (κ2) is 4.16. The standard InChI is InChI=1S/C13H8ClN/c14-12-6-3-5-10(8-12)13-7-2-1-4-11(13)9-15/h1-8H. The van der Waals surface area contributed by atoms with Gasteiger partial charge in [0.25, 0.3) is 0 Å². The molecule has 0 aliphatic heterocycles. The minimum atomic E-state index is 0.666. The summed E-state index contributed by atoms with van der Waals surface area (Å²) in [5, 5.41) is 9.65. The molecule has 0 heterocycles. The molecule has 0 N–H and O–H groups in total. The monoisotopic (exact) mass is 213 g/mol. The van der Waals surface area contributed by atoms with Crippen LogP contribution in [0.1, 0.15) is 5.56 Å². The van der Waals surface area contributed by atoms with E-state index in [-0.39, 0.29) is 0 Å². The zero-order valence-corrected chi connectivity index (χ0v) is 8.70. The highest BCUT2D eigenvalue weighted by atomic mass is 35.5. The van der Waals surface area contributed by atoms with Gasteiger partial charge in [-0.2, -0.15) is 5.26 Å². The lowest BCUT2D eigenvalue weighted by atomic mass is 10.0. The Bertz CT molecular complexity index is 526. The second-order valence-corrected chi connectivity index (χ2v) is 3.60. The van der Waals surface area contributed by atoms with Crippen LogP contribution in [0.15, 0.2) is 48.5 Å². The SMILES string of the molecule is N#Cc1ccccc1-c1cccc(Cl)c1. The molecule has 0 aliphatic rings. The Hall–Kier alpha value is -1.78. The quantitative estimate of drug-likeness (QED) is 0.705. The van der Waals surface area contributed by atoms with Crippen LogP contribution in [0.5, 0.6) is 0 Å². The predicted molar refractivity (Wildman–Crippen MR) is 61.6 cm³/mol. The summed E-state index contributed by atoms with van der Waals surface area (Å²) in [6.07, 6.45) is 0. The van der Waals surface area contributed by atoms with Gasteiger partial charge in [0.05, 0.1) is 11.6 Å². The van der Waals surface area contributed by atoms with Crippen molar-refractivity contribution in [2.24, 2.45) is 0 Å². The molecule has 0 spiro atoms. The van der Waals surface area contributed by atoms with Gasteiger partial charge < -0.3 is 0 Å². The van der Waals surface area contributed by atoms with E-state index in [0.29, 0.717) is 10.6 Å². The van der Waals surface area contributed by atoms with Crippen LogP contribution in [0, 0.1) is 11.3 Å². The van der Waals surface area contributed by atoms with E-state index in [9.17, 15) is 0 Å². The molecular formula is C13H8ClN. The van der Waals surface area contributed by atoms with Crippen LogP contribution in [0.25, 0.3) is 11.1 Å². The summed E-state index contributed by atoms with van der Waals surface area (Å²) < 4.78 is 0. The van der Waals surface area contributed by atoms with Gasteiger partial charge >= 0.3 is 0 Å². The number of benzene rings is 2. The van der Waals surface area contributed by atoms with Crippen molar-refractivity contribution in [1.82, 2.24) is 0 Å². The first kappa shape index (κ1) is 9.76.